The Morgan fingerprint density at radius 2 is 1.59 bits per heavy atom. The second kappa shape index (κ2) is 8.43. The molecule has 0 unspecified atom stereocenters. The lowest BCUT2D eigenvalue weighted by molar-refractivity contribution is -0.127. The third kappa shape index (κ3) is 5.72. The van der Waals surface area contributed by atoms with Crippen LogP contribution in [-0.2, 0) is 14.8 Å². The molecule has 0 spiro atoms. The van der Waals surface area contributed by atoms with Gasteiger partial charge in [0.25, 0.3) is 5.91 Å². The first-order valence-corrected chi connectivity index (χ1v) is 10.5. The Morgan fingerprint density at radius 1 is 1.04 bits per heavy atom. The molecule has 6 nitrogen and oxygen atoms in total. The van der Waals surface area contributed by atoms with Gasteiger partial charge in [-0.25, -0.2) is 8.42 Å². The number of sulfonamides is 1. The minimum Gasteiger partial charge on any atom is -0.481 e. The molecule has 0 heterocycles. The van der Waals surface area contributed by atoms with Gasteiger partial charge >= 0.3 is 0 Å². The summed E-state index contributed by atoms with van der Waals surface area (Å²) in [6, 6.07) is 14.4. The van der Waals surface area contributed by atoms with Gasteiger partial charge in [0.1, 0.15) is 5.75 Å². The van der Waals surface area contributed by atoms with Crippen molar-refractivity contribution in [2.45, 2.75) is 32.9 Å². The van der Waals surface area contributed by atoms with Crippen LogP contribution in [0.2, 0.25) is 0 Å². The van der Waals surface area contributed by atoms with Crippen LogP contribution in [0.15, 0.2) is 48.5 Å². The Hall–Kier alpha value is -2.54. The minimum atomic E-state index is -3.32. The molecule has 0 bridgehead atoms. The number of hydrogen-bond donors (Lipinski definition) is 1. The highest BCUT2D eigenvalue weighted by Crippen LogP contribution is 2.21. The predicted molar refractivity (Wildman–Crippen MR) is 108 cm³/mol. The fraction of sp³-hybridized carbons (Fsp3) is 0.350. The molecule has 1 amide bonds. The zero-order chi connectivity index (χ0) is 20.2. The SMILES string of the molecule is Cc1ccc([C@H](C)NC(=O)[C@H](C)Oc2ccc(N(C)S(C)(=O)=O)cc2)cc1. The van der Waals surface area contributed by atoms with Crippen molar-refractivity contribution in [3.8, 4) is 5.75 Å². The fourth-order valence-electron chi connectivity index (χ4n) is 2.45. The lowest BCUT2D eigenvalue weighted by atomic mass is 10.1. The normalized spacial score (nSPS) is 13.5. The molecule has 2 atom stereocenters. The van der Waals surface area contributed by atoms with Gasteiger partial charge in [-0.1, -0.05) is 29.8 Å². The number of ether oxygens (including phenoxy) is 1. The molecule has 0 saturated heterocycles. The van der Waals surface area contributed by atoms with Gasteiger partial charge in [-0.2, -0.15) is 0 Å². The van der Waals surface area contributed by atoms with E-state index in [1.54, 1.807) is 31.2 Å². The summed E-state index contributed by atoms with van der Waals surface area (Å²) < 4.78 is 30.0. The van der Waals surface area contributed by atoms with Crippen molar-refractivity contribution in [3.05, 3.63) is 59.7 Å². The van der Waals surface area contributed by atoms with Crippen molar-refractivity contribution in [3.63, 3.8) is 0 Å². The smallest absolute Gasteiger partial charge is 0.261 e. The molecule has 0 aliphatic heterocycles. The van der Waals surface area contributed by atoms with Crippen molar-refractivity contribution < 1.29 is 17.9 Å². The van der Waals surface area contributed by atoms with Gasteiger partial charge in [-0.3, -0.25) is 9.10 Å². The first-order valence-electron chi connectivity index (χ1n) is 8.65. The van der Waals surface area contributed by atoms with E-state index in [0.29, 0.717) is 11.4 Å². The van der Waals surface area contributed by atoms with E-state index in [-0.39, 0.29) is 11.9 Å². The third-order valence-electron chi connectivity index (χ3n) is 4.32. The van der Waals surface area contributed by atoms with Crippen molar-refractivity contribution >= 4 is 21.6 Å². The predicted octanol–water partition coefficient (Wildman–Crippen LogP) is 3.04. The number of benzene rings is 2. The zero-order valence-electron chi connectivity index (χ0n) is 16.3. The number of amides is 1. The number of nitrogens with one attached hydrogen (secondary N) is 1. The van der Waals surface area contributed by atoms with Crippen molar-refractivity contribution in [1.29, 1.82) is 0 Å². The van der Waals surface area contributed by atoms with Gasteiger partial charge in [0.15, 0.2) is 6.10 Å². The average Bonchev–Trinajstić information content (AvgIpc) is 2.61. The van der Waals surface area contributed by atoms with Gasteiger partial charge in [0.05, 0.1) is 18.0 Å². The number of nitrogens with zero attached hydrogens (tertiary/aromatic N) is 1. The monoisotopic (exact) mass is 390 g/mol. The molecule has 2 aromatic rings. The van der Waals surface area contributed by atoms with E-state index >= 15 is 0 Å². The standard InChI is InChI=1S/C20H26N2O4S/c1-14-6-8-17(9-7-14)15(2)21-20(23)16(3)26-19-12-10-18(11-13-19)22(4)27(5,24)25/h6-13,15-16H,1-5H3,(H,21,23)/t15-,16-/m0/s1. The molecule has 0 radical (unpaired) electrons. The highest BCUT2D eigenvalue weighted by molar-refractivity contribution is 7.92. The quantitative estimate of drug-likeness (QED) is 0.788. The average molecular weight is 391 g/mol. The van der Waals surface area contributed by atoms with Crippen LogP contribution in [0, 0.1) is 6.92 Å². The summed E-state index contributed by atoms with van der Waals surface area (Å²) in [5, 5.41) is 2.93. The lowest BCUT2D eigenvalue weighted by Crippen LogP contribution is -2.37. The van der Waals surface area contributed by atoms with E-state index in [4.69, 9.17) is 4.74 Å². The van der Waals surface area contributed by atoms with Crippen LogP contribution < -0.4 is 14.4 Å². The summed E-state index contributed by atoms with van der Waals surface area (Å²) in [5.74, 6) is 0.270. The van der Waals surface area contributed by atoms with Crippen molar-refractivity contribution in [1.82, 2.24) is 5.32 Å². The Labute approximate surface area is 161 Å². The fourth-order valence-corrected chi connectivity index (χ4v) is 2.96. The maximum Gasteiger partial charge on any atom is 0.261 e. The largest absolute Gasteiger partial charge is 0.481 e. The molecule has 2 rings (SSSR count). The van der Waals surface area contributed by atoms with Crippen LogP contribution in [0.4, 0.5) is 5.69 Å². The van der Waals surface area contributed by atoms with E-state index < -0.39 is 16.1 Å². The van der Waals surface area contributed by atoms with Crippen LogP contribution in [-0.4, -0.2) is 33.7 Å². The summed E-state index contributed by atoms with van der Waals surface area (Å²) in [4.78, 5) is 12.4. The Kier molecular flexibility index (Phi) is 6.49. The van der Waals surface area contributed by atoms with E-state index in [1.807, 2.05) is 38.1 Å². The molecular formula is C20H26N2O4S. The van der Waals surface area contributed by atoms with Crippen LogP contribution in [0.1, 0.15) is 31.0 Å². The van der Waals surface area contributed by atoms with E-state index in [9.17, 15) is 13.2 Å². The molecule has 0 aromatic heterocycles. The molecule has 27 heavy (non-hydrogen) atoms. The number of hydrogen-bond acceptors (Lipinski definition) is 4. The highest BCUT2D eigenvalue weighted by atomic mass is 32.2. The van der Waals surface area contributed by atoms with Gasteiger partial charge in [0, 0.05) is 7.05 Å². The molecule has 0 aliphatic carbocycles. The van der Waals surface area contributed by atoms with Crippen LogP contribution in [0.5, 0.6) is 5.75 Å². The minimum absolute atomic E-state index is 0.130. The van der Waals surface area contributed by atoms with Crippen molar-refractivity contribution in [2.24, 2.45) is 0 Å². The molecule has 146 valence electrons. The summed E-state index contributed by atoms with van der Waals surface area (Å²) in [6.07, 6.45) is 0.454. The van der Waals surface area contributed by atoms with E-state index in [1.165, 1.54) is 16.9 Å². The Balaban J connectivity index is 1.96. The lowest BCUT2D eigenvalue weighted by Gasteiger charge is -2.20. The molecule has 0 saturated carbocycles. The second-order valence-electron chi connectivity index (χ2n) is 6.63. The van der Waals surface area contributed by atoms with Gasteiger partial charge in [-0.15, -0.1) is 0 Å². The third-order valence-corrected chi connectivity index (χ3v) is 5.52. The number of rotatable bonds is 7. The maximum absolute atomic E-state index is 12.4. The summed E-state index contributed by atoms with van der Waals surface area (Å²) in [7, 11) is -1.84. The first-order chi connectivity index (χ1) is 12.6. The molecule has 2 aromatic carbocycles. The van der Waals surface area contributed by atoms with Gasteiger partial charge in [0.2, 0.25) is 10.0 Å². The number of carbonyl (C=O) groups excluding carboxylic acids is 1. The van der Waals surface area contributed by atoms with E-state index in [0.717, 1.165) is 11.8 Å². The Morgan fingerprint density at radius 3 is 2.11 bits per heavy atom. The second-order valence-corrected chi connectivity index (χ2v) is 8.64. The van der Waals surface area contributed by atoms with Crippen LogP contribution in [0.25, 0.3) is 0 Å². The Bertz CT molecular complexity index is 877. The first kappa shape index (κ1) is 20.8. The summed E-state index contributed by atoms with van der Waals surface area (Å²) in [5.41, 5.74) is 2.71. The molecule has 1 N–H and O–H groups in total. The van der Waals surface area contributed by atoms with Crippen LogP contribution >= 0.6 is 0 Å². The topological polar surface area (TPSA) is 75.7 Å². The molecule has 7 heteroatoms. The maximum atomic E-state index is 12.4. The molecule has 0 fully saturated rings. The molecular weight excluding hydrogens is 364 g/mol. The summed E-state index contributed by atoms with van der Waals surface area (Å²) in [6.45, 7) is 5.61. The van der Waals surface area contributed by atoms with Crippen molar-refractivity contribution in [2.75, 3.05) is 17.6 Å². The van der Waals surface area contributed by atoms with Crippen LogP contribution in [0.3, 0.4) is 0 Å². The number of aryl methyl sites for hydroxylation is 1. The highest BCUT2D eigenvalue weighted by Gasteiger charge is 2.18. The van der Waals surface area contributed by atoms with Gasteiger partial charge in [-0.05, 0) is 50.6 Å². The number of carbonyl (C=O) groups is 1. The number of anilines is 1. The zero-order valence-corrected chi connectivity index (χ0v) is 17.1. The van der Waals surface area contributed by atoms with E-state index in [2.05, 4.69) is 5.32 Å². The van der Waals surface area contributed by atoms with Gasteiger partial charge < -0.3 is 10.1 Å². The molecule has 0 aliphatic rings. The summed E-state index contributed by atoms with van der Waals surface area (Å²) >= 11 is 0.